The summed E-state index contributed by atoms with van der Waals surface area (Å²) in [5.74, 6) is 2.00. The average Bonchev–Trinajstić information content (AvgIpc) is 3.95. The first kappa shape index (κ1) is 38.5. The van der Waals surface area contributed by atoms with Gasteiger partial charge in [-0.25, -0.2) is 0 Å². The number of benzene rings is 11. The molecule has 3 heterocycles. The normalized spacial score (nSPS) is 12.2. The first-order valence-corrected chi connectivity index (χ1v) is 23.3. The SMILES string of the molecule is CC(C)c1ccc2c(N(c3ccccc3)c3ccc4c(c3)oc3ccccc34)cc3c4cccc5c4c(cc3c2c1)-c1ccc(N(c2ccccc2)c2ccc3c(c2)oc2ccccc23)cc1O5. The molecule has 13 aromatic rings. The summed E-state index contributed by atoms with van der Waals surface area (Å²) in [5.41, 5.74) is 13.2. The molecule has 11 aromatic carbocycles. The Hall–Kier alpha value is -8.80. The number of para-hydroxylation sites is 4. The van der Waals surface area contributed by atoms with Gasteiger partial charge in [-0.05, 0) is 130 Å². The topological polar surface area (TPSA) is 42.0 Å². The molecule has 0 N–H and O–H groups in total. The molecule has 0 amide bonds. The van der Waals surface area contributed by atoms with Crippen molar-refractivity contribution in [1.29, 1.82) is 0 Å². The van der Waals surface area contributed by atoms with Gasteiger partial charge in [-0.2, -0.15) is 0 Å². The summed E-state index contributed by atoms with van der Waals surface area (Å²) < 4.78 is 19.9. The third kappa shape index (κ3) is 5.89. The van der Waals surface area contributed by atoms with E-state index in [0.29, 0.717) is 5.92 Å². The number of rotatable bonds is 7. The molecule has 1 aliphatic heterocycles. The lowest BCUT2D eigenvalue weighted by Crippen LogP contribution is -2.11. The summed E-state index contributed by atoms with van der Waals surface area (Å²) in [4.78, 5) is 4.66. The zero-order valence-electron chi connectivity index (χ0n) is 37.4. The molecule has 2 aromatic heterocycles. The second-order valence-corrected chi connectivity index (χ2v) is 18.2. The molecule has 0 unspecified atom stereocenters. The van der Waals surface area contributed by atoms with Crippen LogP contribution in [0.25, 0.3) is 87.3 Å². The minimum Gasteiger partial charge on any atom is -0.456 e. The Morgan fingerprint density at radius 1 is 0.324 bits per heavy atom. The van der Waals surface area contributed by atoms with Gasteiger partial charge in [0.05, 0.1) is 5.69 Å². The predicted molar refractivity (Wildman–Crippen MR) is 282 cm³/mol. The van der Waals surface area contributed by atoms with Gasteiger partial charge >= 0.3 is 0 Å². The Bertz CT molecular complexity index is 4170. The smallest absolute Gasteiger partial charge is 0.137 e. The van der Waals surface area contributed by atoms with Crippen LogP contribution in [0.2, 0.25) is 0 Å². The molecule has 1 aliphatic rings. The van der Waals surface area contributed by atoms with Crippen molar-refractivity contribution in [2.24, 2.45) is 0 Å². The van der Waals surface area contributed by atoms with Crippen molar-refractivity contribution in [3.63, 3.8) is 0 Å². The Labute approximate surface area is 392 Å². The van der Waals surface area contributed by atoms with Gasteiger partial charge in [0.15, 0.2) is 0 Å². The van der Waals surface area contributed by atoms with Gasteiger partial charge in [-0.1, -0.05) is 117 Å². The molecular formula is C63H42N2O3. The molecule has 0 saturated heterocycles. The summed E-state index contributed by atoms with van der Waals surface area (Å²) in [7, 11) is 0. The van der Waals surface area contributed by atoms with Crippen molar-refractivity contribution < 1.29 is 13.6 Å². The molecule has 0 bridgehead atoms. The van der Waals surface area contributed by atoms with Crippen molar-refractivity contribution in [3.05, 3.63) is 218 Å². The lowest BCUT2D eigenvalue weighted by Gasteiger charge is -2.29. The fourth-order valence-electron chi connectivity index (χ4n) is 10.7. The fraction of sp³-hybridized carbons (Fsp3) is 0.0476. The molecular weight excluding hydrogens is 833 g/mol. The lowest BCUT2D eigenvalue weighted by molar-refractivity contribution is 0.487. The van der Waals surface area contributed by atoms with E-state index in [-0.39, 0.29) is 0 Å². The summed E-state index contributed by atoms with van der Waals surface area (Å²) in [6, 6.07) is 75.8. The highest BCUT2D eigenvalue weighted by molar-refractivity contribution is 6.26. The largest absolute Gasteiger partial charge is 0.456 e. The maximum atomic E-state index is 7.03. The quantitative estimate of drug-likeness (QED) is 0.149. The van der Waals surface area contributed by atoms with Crippen molar-refractivity contribution in [2.45, 2.75) is 19.8 Å². The molecule has 0 spiro atoms. The van der Waals surface area contributed by atoms with Crippen molar-refractivity contribution >= 4 is 110 Å². The maximum Gasteiger partial charge on any atom is 0.137 e. The van der Waals surface area contributed by atoms with Crippen molar-refractivity contribution in [3.8, 4) is 22.6 Å². The Kier molecular flexibility index (Phi) is 8.41. The molecule has 322 valence electrons. The molecule has 5 nitrogen and oxygen atoms in total. The van der Waals surface area contributed by atoms with Crippen LogP contribution in [-0.4, -0.2) is 0 Å². The van der Waals surface area contributed by atoms with E-state index < -0.39 is 0 Å². The van der Waals surface area contributed by atoms with Crippen LogP contribution in [0, 0.1) is 0 Å². The van der Waals surface area contributed by atoms with Gasteiger partial charge in [-0.15, -0.1) is 0 Å². The fourth-order valence-corrected chi connectivity index (χ4v) is 10.7. The van der Waals surface area contributed by atoms with Crippen LogP contribution in [0.1, 0.15) is 25.3 Å². The average molecular weight is 875 g/mol. The zero-order valence-corrected chi connectivity index (χ0v) is 37.4. The first-order valence-electron chi connectivity index (χ1n) is 23.3. The Morgan fingerprint density at radius 2 is 0.853 bits per heavy atom. The van der Waals surface area contributed by atoms with E-state index in [1.54, 1.807) is 0 Å². The Morgan fingerprint density at radius 3 is 1.53 bits per heavy atom. The van der Waals surface area contributed by atoms with Gasteiger partial charge in [0.25, 0.3) is 0 Å². The van der Waals surface area contributed by atoms with Crippen molar-refractivity contribution in [1.82, 2.24) is 0 Å². The predicted octanol–water partition coefficient (Wildman–Crippen LogP) is 18.8. The molecule has 68 heavy (non-hydrogen) atoms. The molecule has 0 radical (unpaired) electrons. The summed E-state index contributed by atoms with van der Waals surface area (Å²) in [5, 5.41) is 11.4. The monoisotopic (exact) mass is 874 g/mol. The van der Waals surface area contributed by atoms with Gasteiger partial charge in [0.2, 0.25) is 0 Å². The van der Waals surface area contributed by atoms with E-state index in [4.69, 9.17) is 13.6 Å². The number of furan rings is 2. The number of hydrogen-bond acceptors (Lipinski definition) is 5. The van der Waals surface area contributed by atoms with Crippen LogP contribution >= 0.6 is 0 Å². The van der Waals surface area contributed by atoms with Crippen LogP contribution in [0.5, 0.6) is 11.5 Å². The van der Waals surface area contributed by atoms with E-state index in [1.165, 1.54) is 27.1 Å². The minimum atomic E-state index is 0.344. The van der Waals surface area contributed by atoms with E-state index in [9.17, 15) is 0 Å². The van der Waals surface area contributed by atoms with Gasteiger partial charge in [0.1, 0.15) is 33.8 Å². The number of fused-ring (bicyclic) bond motifs is 12. The minimum absolute atomic E-state index is 0.344. The second-order valence-electron chi connectivity index (χ2n) is 18.2. The van der Waals surface area contributed by atoms with E-state index in [0.717, 1.165) is 111 Å². The van der Waals surface area contributed by atoms with Crippen LogP contribution in [-0.2, 0) is 0 Å². The van der Waals surface area contributed by atoms with Crippen LogP contribution in [0.3, 0.4) is 0 Å². The summed E-state index contributed by atoms with van der Waals surface area (Å²) in [6.45, 7) is 4.55. The van der Waals surface area contributed by atoms with Crippen LogP contribution in [0.15, 0.2) is 221 Å². The number of nitrogens with zero attached hydrogens (tertiary/aromatic N) is 2. The van der Waals surface area contributed by atoms with Gasteiger partial charge < -0.3 is 23.4 Å². The Balaban J connectivity index is 0.974. The van der Waals surface area contributed by atoms with Crippen LogP contribution in [0.4, 0.5) is 34.1 Å². The van der Waals surface area contributed by atoms with E-state index >= 15 is 0 Å². The number of hydrogen-bond donors (Lipinski definition) is 0. The van der Waals surface area contributed by atoms with E-state index in [2.05, 4.69) is 212 Å². The van der Waals surface area contributed by atoms with E-state index in [1.807, 2.05) is 24.3 Å². The van der Waals surface area contributed by atoms with Crippen molar-refractivity contribution in [2.75, 3.05) is 9.80 Å². The second kappa shape index (κ2) is 14.9. The highest BCUT2D eigenvalue weighted by atomic mass is 16.5. The molecule has 0 saturated carbocycles. The first-order chi connectivity index (χ1) is 33.5. The molecule has 14 rings (SSSR count). The van der Waals surface area contributed by atoms with Gasteiger partial charge in [-0.3, -0.25) is 0 Å². The molecule has 0 fully saturated rings. The highest BCUT2D eigenvalue weighted by Crippen LogP contribution is 2.53. The standard InChI is InChI=1S/C63H42N2O3/c1-38(2)39-24-28-45-52(32-39)53-36-55-50-31-26-43(64(40-14-5-3-6-15-40)42-25-29-48-46-18-9-11-21-57(46)66-60(48)33-42)34-62(50)68-59-23-13-20-51(63(55)59)54(53)37-56(45)65(41-16-7-4-8-17-41)44-27-30-49-47-19-10-12-22-58(47)67-61(49)35-44/h3-38H,1-2H3. The zero-order chi connectivity index (χ0) is 45.0. The molecule has 0 aliphatic carbocycles. The molecule has 0 atom stereocenters. The lowest BCUT2D eigenvalue weighted by atomic mass is 9.87. The highest BCUT2D eigenvalue weighted by Gasteiger charge is 2.27. The number of anilines is 6. The molecule has 5 heteroatoms. The summed E-state index contributed by atoms with van der Waals surface area (Å²) >= 11 is 0. The maximum absolute atomic E-state index is 7.03. The van der Waals surface area contributed by atoms with Gasteiger partial charge in [0, 0.05) is 84.5 Å². The summed E-state index contributed by atoms with van der Waals surface area (Å²) in [6.07, 6.45) is 0. The number of ether oxygens (including phenoxy) is 1. The van der Waals surface area contributed by atoms with Crippen LogP contribution < -0.4 is 14.5 Å². The third-order valence-corrected chi connectivity index (χ3v) is 14.0. The third-order valence-electron chi connectivity index (χ3n) is 14.0.